The van der Waals surface area contributed by atoms with E-state index >= 15 is 0 Å². The van der Waals surface area contributed by atoms with Crippen molar-refractivity contribution in [3.05, 3.63) is 84.6 Å². The van der Waals surface area contributed by atoms with Crippen molar-refractivity contribution < 1.29 is 9.59 Å². The second kappa shape index (κ2) is 12.1. The van der Waals surface area contributed by atoms with Gasteiger partial charge in [-0.05, 0) is 48.7 Å². The van der Waals surface area contributed by atoms with Crippen molar-refractivity contribution in [2.45, 2.75) is 65.0 Å². The average Bonchev–Trinajstić information content (AvgIpc) is 3.57. The molecule has 2 N–H and O–H groups in total. The molecule has 7 nitrogen and oxygen atoms in total. The van der Waals surface area contributed by atoms with Crippen molar-refractivity contribution in [3.63, 3.8) is 0 Å². The van der Waals surface area contributed by atoms with E-state index in [0.29, 0.717) is 18.6 Å². The molecular weight excluding hydrogens is 486 g/mol. The van der Waals surface area contributed by atoms with E-state index in [2.05, 4.69) is 50.6 Å². The first kappa shape index (κ1) is 26.4. The van der Waals surface area contributed by atoms with Crippen molar-refractivity contribution in [1.29, 1.82) is 0 Å². The van der Waals surface area contributed by atoms with Crippen LogP contribution in [0.1, 0.15) is 63.1 Å². The van der Waals surface area contributed by atoms with Crippen LogP contribution in [0.4, 0.5) is 0 Å². The monoisotopic (exact) mass is 521 g/mol. The Morgan fingerprint density at radius 2 is 1.77 bits per heavy atom. The van der Waals surface area contributed by atoms with Gasteiger partial charge in [-0.15, -0.1) is 0 Å². The van der Waals surface area contributed by atoms with Crippen molar-refractivity contribution in [3.8, 4) is 11.3 Å². The second-order valence-corrected chi connectivity index (χ2v) is 10.1. The molecule has 0 aliphatic rings. The average molecular weight is 522 g/mol. The van der Waals surface area contributed by atoms with E-state index in [0.717, 1.165) is 59.6 Å². The maximum Gasteiger partial charge on any atom is 0.240 e. The molecule has 0 unspecified atom stereocenters. The summed E-state index contributed by atoms with van der Waals surface area (Å²) in [6.45, 7) is 4.01. The van der Waals surface area contributed by atoms with Crippen molar-refractivity contribution in [1.82, 2.24) is 24.8 Å². The number of nitrogens with one attached hydrogen (secondary N) is 2. The van der Waals surface area contributed by atoms with E-state index in [-0.39, 0.29) is 18.5 Å². The van der Waals surface area contributed by atoms with Crippen LogP contribution in [0.2, 0.25) is 0 Å². The summed E-state index contributed by atoms with van der Waals surface area (Å²) in [6.07, 6.45) is 6.47. The van der Waals surface area contributed by atoms with Crippen LogP contribution in [-0.2, 0) is 16.1 Å². The standard InChI is InChI=1S/C32H35N5O2/c1-3-26(38)13-5-4-6-15-28(35-31(39)21-37-22(2)34-27-14-9-10-16-30(27)37)32-33-20-29(36-32)25-18-17-23-11-7-8-12-24(23)19-25/h7-12,14,16-20,28H,3-6,13,15,21H2,1-2H3,(H,33,36)(H,35,39)/t28-/m0/s1. The molecule has 5 rings (SSSR count). The number of imidazole rings is 2. The summed E-state index contributed by atoms with van der Waals surface area (Å²) in [5, 5.41) is 5.58. The molecule has 0 fully saturated rings. The minimum absolute atomic E-state index is 0.0870. The number of hydrogen-bond acceptors (Lipinski definition) is 4. The highest BCUT2D eigenvalue weighted by molar-refractivity contribution is 5.86. The molecule has 1 atom stereocenters. The summed E-state index contributed by atoms with van der Waals surface area (Å²) in [7, 11) is 0. The zero-order chi connectivity index (χ0) is 27.2. The van der Waals surface area contributed by atoms with Gasteiger partial charge in [-0.3, -0.25) is 9.59 Å². The van der Waals surface area contributed by atoms with E-state index in [1.54, 1.807) is 0 Å². The Morgan fingerprint density at radius 3 is 2.62 bits per heavy atom. The smallest absolute Gasteiger partial charge is 0.240 e. The number of H-pyrrole nitrogens is 1. The number of para-hydroxylation sites is 2. The fraction of sp³-hybridized carbons (Fsp3) is 0.312. The Hall–Kier alpha value is -4.26. The van der Waals surface area contributed by atoms with Crippen molar-refractivity contribution in [2.75, 3.05) is 0 Å². The van der Waals surface area contributed by atoms with E-state index in [9.17, 15) is 9.59 Å². The Labute approximate surface area is 228 Å². The van der Waals surface area contributed by atoms with Gasteiger partial charge in [-0.1, -0.05) is 68.3 Å². The highest BCUT2D eigenvalue weighted by atomic mass is 16.2. The number of ketones is 1. The highest BCUT2D eigenvalue weighted by Crippen LogP contribution is 2.26. The number of amides is 1. The molecule has 0 saturated carbocycles. The Bertz CT molecular complexity index is 1600. The van der Waals surface area contributed by atoms with E-state index in [1.165, 1.54) is 10.8 Å². The third kappa shape index (κ3) is 6.25. The SMILES string of the molecule is CCC(=O)CCCCC[C@H](NC(=O)Cn1c(C)nc2ccccc21)c1ncc(-c2ccc3ccccc3c2)[nH]1. The lowest BCUT2D eigenvalue weighted by molar-refractivity contribution is -0.122. The molecule has 0 aliphatic carbocycles. The molecule has 0 aliphatic heterocycles. The summed E-state index contributed by atoms with van der Waals surface area (Å²) in [5.41, 5.74) is 3.79. The molecule has 39 heavy (non-hydrogen) atoms. The number of aryl methyl sites for hydroxylation is 1. The van der Waals surface area contributed by atoms with Gasteiger partial charge in [-0.2, -0.15) is 0 Å². The van der Waals surface area contributed by atoms with Gasteiger partial charge in [0.1, 0.15) is 24.0 Å². The fourth-order valence-corrected chi connectivity index (χ4v) is 5.10. The number of Topliss-reactive ketones (excluding diaryl/α,β-unsaturated/α-hetero) is 1. The molecule has 0 bridgehead atoms. The van der Waals surface area contributed by atoms with Crippen LogP contribution in [0.15, 0.2) is 72.9 Å². The summed E-state index contributed by atoms with van der Waals surface area (Å²) < 4.78 is 1.95. The van der Waals surface area contributed by atoms with Gasteiger partial charge < -0.3 is 14.9 Å². The summed E-state index contributed by atoms with van der Waals surface area (Å²) in [6, 6.07) is 22.2. The van der Waals surface area contributed by atoms with Crippen LogP contribution < -0.4 is 5.32 Å². The molecule has 2 heterocycles. The highest BCUT2D eigenvalue weighted by Gasteiger charge is 2.20. The lowest BCUT2D eigenvalue weighted by Gasteiger charge is -2.18. The van der Waals surface area contributed by atoms with Gasteiger partial charge in [0.25, 0.3) is 0 Å². The third-order valence-corrected chi connectivity index (χ3v) is 7.31. The molecule has 1 amide bonds. The first-order valence-corrected chi connectivity index (χ1v) is 13.8. The molecular formula is C32H35N5O2. The predicted molar refractivity (Wildman–Crippen MR) is 155 cm³/mol. The molecule has 2 aromatic heterocycles. The number of fused-ring (bicyclic) bond motifs is 2. The first-order valence-electron chi connectivity index (χ1n) is 13.8. The minimum atomic E-state index is -0.260. The number of hydrogen-bond donors (Lipinski definition) is 2. The van der Waals surface area contributed by atoms with Crippen LogP contribution in [0.25, 0.3) is 33.1 Å². The summed E-state index contributed by atoms with van der Waals surface area (Å²) in [5.74, 6) is 1.76. The second-order valence-electron chi connectivity index (χ2n) is 10.1. The van der Waals surface area contributed by atoms with Crippen LogP contribution in [0.5, 0.6) is 0 Å². The minimum Gasteiger partial charge on any atom is -0.345 e. The molecule has 7 heteroatoms. The van der Waals surface area contributed by atoms with Crippen LogP contribution >= 0.6 is 0 Å². The van der Waals surface area contributed by atoms with E-state index < -0.39 is 0 Å². The van der Waals surface area contributed by atoms with Crippen LogP contribution in [0.3, 0.4) is 0 Å². The molecule has 3 aromatic carbocycles. The van der Waals surface area contributed by atoms with E-state index in [1.807, 2.05) is 61.0 Å². The molecule has 0 saturated heterocycles. The number of carbonyl (C=O) groups is 2. The largest absolute Gasteiger partial charge is 0.345 e. The predicted octanol–water partition coefficient (Wildman–Crippen LogP) is 6.68. The summed E-state index contributed by atoms with van der Waals surface area (Å²) in [4.78, 5) is 37.7. The van der Waals surface area contributed by atoms with Crippen molar-refractivity contribution >= 4 is 33.5 Å². The number of unbranched alkanes of at least 4 members (excludes halogenated alkanes) is 2. The number of carbonyl (C=O) groups excluding carboxylic acids is 2. The Morgan fingerprint density at radius 1 is 0.974 bits per heavy atom. The maximum absolute atomic E-state index is 13.3. The number of nitrogens with zero attached hydrogens (tertiary/aromatic N) is 3. The number of rotatable bonds is 12. The van der Waals surface area contributed by atoms with Gasteiger partial charge in [0.2, 0.25) is 5.91 Å². The first-order chi connectivity index (χ1) is 19.0. The Balaban J connectivity index is 1.33. The molecule has 0 radical (unpaired) electrons. The van der Waals surface area contributed by atoms with Gasteiger partial charge in [0.05, 0.1) is 29.0 Å². The third-order valence-electron chi connectivity index (χ3n) is 7.31. The quantitative estimate of drug-likeness (QED) is 0.179. The number of aromatic amines is 1. The van der Waals surface area contributed by atoms with E-state index in [4.69, 9.17) is 0 Å². The van der Waals surface area contributed by atoms with Gasteiger partial charge in [-0.25, -0.2) is 9.97 Å². The summed E-state index contributed by atoms with van der Waals surface area (Å²) >= 11 is 0. The topological polar surface area (TPSA) is 92.7 Å². The normalized spacial score (nSPS) is 12.2. The number of benzene rings is 3. The Kier molecular flexibility index (Phi) is 8.16. The molecule has 0 spiro atoms. The lowest BCUT2D eigenvalue weighted by Crippen LogP contribution is -2.32. The zero-order valence-corrected chi connectivity index (χ0v) is 22.6. The zero-order valence-electron chi connectivity index (χ0n) is 22.6. The maximum atomic E-state index is 13.3. The van der Waals surface area contributed by atoms with Gasteiger partial charge >= 0.3 is 0 Å². The molecule has 5 aromatic rings. The fourth-order valence-electron chi connectivity index (χ4n) is 5.10. The van der Waals surface area contributed by atoms with Crippen molar-refractivity contribution in [2.24, 2.45) is 0 Å². The number of aromatic nitrogens is 4. The van der Waals surface area contributed by atoms with Gasteiger partial charge in [0.15, 0.2) is 0 Å². The molecule has 200 valence electrons. The lowest BCUT2D eigenvalue weighted by atomic mass is 10.0. The van der Waals surface area contributed by atoms with Gasteiger partial charge in [0, 0.05) is 18.4 Å². The van der Waals surface area contributed by atoms with Crippen LogP contribution in [-0.4, -0.2) is 31.2 Å². The van der Waals surface area contributed by atoms with Crippen LogP contribution in [0, 0.1) is 6.92 Å².